The molecule has 32 heavy (non-hydrogen) atoms. The molecule has 4 N–H and O–H groups in total. The Morgan fingerprint density at radius 1 is 0.875 bits per heavy atom. The number of carboxylic acid groups (broad SMARTS) is 1. The minimum Gasteiger partial charge on any atom is -0.463 e. The number of fused-ring (bicyclic) bond motifs is 1. The van der Waals surface area contributed by atoms with Crippen molar-refractivity contribution in [2.45, 2.75) is 13.1 Å². The lowest BCUT2D eigenvalue weighted by Crippen LogP contribution is -2.30. The van der Waals surface area contributed by atoms with Crippen molar-refractivity contribution >= 4 is 28.7 Å². The Hall–Kier alpha value is -4.39. The number of amidine groups is 1. The number of nitrogens with two attached hydrogens (primary N) is 1. The smallest absolute Gasteiger partial charge is 0.433 e. The molecule has 2 amide bonds. The van der Waals surface area contributed by atoms with Gasteiger partial charge in [0.2, 0.25) is 0 Å². The van der Waals surface area contributed by atoms with Gasteiger partial charge in [-0.25, -0.2) is 4.79 Å². The molecule has 1 aromatic heterocycles. The van der Waals surface area contributed by atoms with E-state index in [0.717, 1.165) is 22.0 Å². The minimum absolute atomic E-state index is 0.0694. The number of rotatable bonds is 6. The van der Waals surface area contributed by atoms with Gasteiger partial charge in [-0.3, -0.25) is 4.79 Å². The second-order valence-corrected chi connectivity index (χ2v) is 7.37. The lowest BCUT2D eigenvalue weighted by atomic mass is 10.1. The van der Waals surface area contributed by atoms with Gasteiger partial charge >= 0.3 is 6.09 Å². The molecule has 0 saturated carbocycles. The summed E-state index contributed by atoms with van der Waals surface area (Å²) in [6.45, 7) is 0.826. The van der Waals surface area contributed by atoms with E-state index >= 15 is 0 Å². The van der Waals surface area contributed by atoms with Crippen LogP contribution >= 0.6 is 0 Å². The molecule has 0 aliphatic carbocycles. The average molecular weight is 426 g/mol. The number of amides is 2. The molecule has 0 atom stereocenters. The first-order valence-electron chi connectivity index (χ1n) is 10.1. The molecule has 0 spiro atoms. The number of aromatic amines is 1. The zero-order valence-corrected chi connectivity index (χ0v) is 17.2. The number of H-pyrrole nitrogens is 1. The topological polar surface area (TPSA) is 112 Å². The van der Waals surface area contributed by atoms with Crippen molar-refractivity contribution in [1.29, 1.82) is 0 Å². The Morgan fingerprint density at radius 2 is 1.50 bits per heavy atom. The molecule has 0 aliphatic rings. The van der Waals surface area contributed by atoms with Crippen molar-refractivity contribution in [3.05, 3.63) is 107 Å². The molecule has 7 nitrogen and oxygen atoms in total. The quantitative estimate of drug-likeness (QED) is 0.313. The van der Waals surface area contributed by atoms with Crippen LogP contribution in [0.25, 0.3) is 10.9 Å². The van der Waals surface area contributed by atoms with Gasteiger partial charge in [-0.2, -0.15) is 4.99 Å². The fourth-order valence-corrected chi connectivity index (χ4v) is 3.59. The van der Waals surface area contributed by atoms with Crippen LogP contribution in [0.3, 0.4) is 0 Å². The number of hydrogen-bond donors (Lipinski definition) is 3. The van der Waals surface area contributed by atoms with Gasteiger partial charge in [0.05, 0.1) is 5.56 Å². The van der Waals surface area contributed by atoms with Crippen molar-refractivity contribution < 1.29 is 14.7 Å². The predicted octanol–water partition coefficient (Wildman–Crippen LogP) is 4.39. The number of nitrogens with zero attached hydrogens (tertiary/aromatic N) is 2. The molecule has 1 heterocycles. The first kappa shape index (κ1) is 20.9. The molecule has 3 aromatic carbocycles. The molecule has 0 radical (unpaired) electrons. The van der Waals surface area contributed by atoms with E-state index in [9.17, 15) is 9.59 Å². The second kappa shape index (κ2) is 9.18. The molecule has 0 unspecified atom stereocenters. The van der Waals surface area contributed by atoms with Crippen LogP contribution < -0.4 is 5.73 Å². The van der Waals surface area contributed by atoms with Crippen molar-refractivity contribution in [3.63, 3.8) is 0 Å². The zero-order chi connectivity index (χ0) is 22.5. The van der Waals surface area contributed by atoms with E-state index in [-0.39, 0.29) is 11.7 Å². The van der Waals surface area contributed by atoms with Crippen molar-refractivity contribution in [3.8, 4) is 0 Å². The summed E-state index contributed by atoms with van der Waals surface area (Å²) in [4.78, 5) is 32.5. The Kier molecular flexibility index (Phi) is 5.98. The standard InChI is InChI=1S/C25H22N4O3/c26-23(28-25(31)32)19-12-10-18(11-13-19)16-29(15-17-6-2-1-3-7-17)24(30)21-14-27-22-9-5-4-8-20(21)22/h1-14,27H,15-16H2,(H2,26,28)(H,31,32). The Bertz CT molecular complexity index is 1280. The summed E-state index contributed by atoms with van der Waals surface area (Å²) >= 11 is 0. The van der Waals surface area contributed by atoms with Crippen molar-refractivity contribution in [1.82, 2.24) is 9.88 Å². The summed E-state index contributed by atoms with van der Waals surface area (Å²) in [7, 11) is 0. The number of carbonyl (C=O) groups excluding carboxylic acids is 1. The fraction of sp³-hybridized carbons (Fsp3) is 0.0800. The normalized spacial score (nSPS) is 11.4. The molecule has 4 rings (SSSR count). The van der Waals surface area contributed by atoms with Gasteiger partial charge in [-0.05, 0) is 17.2 Å². The molecule has 4 aromatic rings. The number of aromatic nitrogens is 1. The first-order chi connectivity index (χ1) is 15.5. The van der Waals surface area contributed by atoms with E-state index in [1.54, 1.807) is 23.2 Å². The van der Waals surface area contributed by atoms with Gasteiger partial charge in [0.25, 0.3) is 5.91 Å². The summed E-state index contributed by atoms with van der Waals surface area (Å²) in [5, 5.41) is 9.65. The maximum Gasteiger partial charge on any atom is 0.433 e. The van der Waals surface area contributed by atoms with Crippen LogP contribution in [-0.2, 0) is 13.1 Å². The van der Waals surface area contributed by atoms with E-state index in [2.05, 4.69) is 9.98 Å². The molecule has 0 bridgehead atoms. The van der Waals surface area contributed by atoms with Crippen LogP contribution in [-0.4, -0.2) is 32.8 Å². The fourth-order valence-electron chi connectivity index (χ4n) is 3.59. The maximum atomic E-state index is 13.5. The van der Waals surface area contributed by atoms with Gasteiger partial charge in [0.1, 0.15) is 5.84 Å². The van der Waals surface area contributed by atoms with Gasteiger partial charge in [-0.15, -0.1) is 0 Å². The Balaban J connectivity index is 1.62. The average Bonchev–Trinajstić information content (AvgIpc) is 3.23. The highest BCUT2D eigenvalue weighted by atomic mass is 16.4. The highest BCUT2D eigenvalue weighted by Crippen LogP contribution is 2.22. The number of para-hydroxylation sites is 1. The van der Waals surface area contributed by atoms with Gasteiger partial charge in [-0.1, -0.05) is 72.8 Å². The van der Waals surface area contributed by atoms with Crippen LogP contribution in [0.15, 0.2) is 90.1 Å². The lowest BCUT2D eigenvalue weighted by Gasteiger charge is -2.23. The van der Waals surface area contributed by atoms with Crippen LogP contribution in [0.4, 0.5) is 4.79 Å². The van der Waals surface area contributed by atoms with E-state index in [4.69, 9.17) is 10.8 Å². The van der Waals surface area contributed by atoms with E-state index in [1.165, 1.54) is 0 Å². The SMILES string of the molecule is N/C(=N/C(=O)O)c1ccc(CN(Cc2ccccc2)C(=O)c2c[nH]c3ccccc23)cc1. The highest BCUT2D eigenvalue weighted by molar-refractivity contribution is 6.06. The molecule has 0 fully saturated rings. The van der Waals surface area contributed by atoms with Gasteiger partial charge < -0.3 is 20.7 Å². The number of hydrogen-bond acceptors (Lipinski definition) is 2. The third kappa shape index (κ3) is 4.67. The highest BCUT2D eigenvalue weighted by Gasteiger charge is 2.20. The van der Waals surface area contributed by atoms with Crippen LogP contribution in [0.1, 0.15) is 27.0 Å². The first-order valence-corrected chi connectivity index (χ1v) is 10.1. The lowest BCUT2D eigenvalue weighted by molar-refractivity contribution is 0.0732. The molecular weight excluding hydrogens is 404 g/mol. The largest absolute Gasteiger partial charge is 0.463 e. The number of aliphatic imine (C=N–C) groups is 1. The molecule has 160 valence electrons. The molecule has 7 heteroatoms. The van der Waals surface area contributed by atoms with E-state index in [0.29, 0.717) is 24.2 Å². The minimum atomic E-state index is -1.34. The van der Waals surface area contributed by atoms with Gasteiger partial charge in [0, 0.05) is 35.8 Å². The maximum absolute atomic E-state index is 13.5. The third-order valence-electron chi connectivity index (χ3n) is 5.16. The third-order valence-corrected chi connectivity index (χ3v) is 5.16. The van der Waals surface area contributed by atoms with Gasteiger partial charge in [0.15, 0.2) is 0 Å². The monoisotopic (exact) mass is 426 g/mol. The second-order valence-electron chi connectivity index (χ2n) is 7.37. The molecular formula is C25H22N4O3. The summed E-state index contributed by atoms with van der Waals surface area (Å²) in [5.74, 6) is -0.151. The van der Waals surface area contributed by atoms with Crippen LogP contribution in [0, 0.1) is 0 Å². The van der Waals surface area contributed by atoms with E-state index in [1.807, 2.05) is 66.7 Å². The summed E-state index contributed by atoms with van der Waals surface area (Å²) in [6.07, 6.45) is 0.405. The zero-order valence-electron chi connectivity index (χ0n) is 17.2. The molecule has 0 saturated heterocycles. The molecule has 0 aliphatic heterocycles. The predicted molar refractivity (Wildman–Crippen MR) is 124 cm³/mol. The number of benzene rings is 3. The van der Waals surface area contributed by atoms with Crippen LogP contribution in [0.5, 0.6) is 0 Å². The Morgan fingerprint density at radius 3 is 2.19 bits per heavy atom. The van der Waals surface area contributed by atoms with Crippen molar-refractivity contribution in [2.75, 3.05) is 0 Å². The van der Waals surface area contributed by atoms with Crippen molar-refractivity contribution in [2.24, 2.45) is 10.7 Å². The van der Waals surface area contributed by atoms with Crippen LogP contribution in [0.2, 0.25) is 0 Å². The number of nitrogens with one attached hydrogen (secondary N) is 1. The summed E-state index contributed by atoms with van der Waals surface area (Å²) in [6, 6.07) is 24.6. The van der Waals surface area contributed by atoms with E-state index < -0.39 is 6.09 Å². The summed E-state index contributed by atoms with van der Waals surface area (Å²) in [5.41, 5.74) is 9.66. The Labute approximate surface area is 184 Å². The summed E-state index contributed by atoms with van der Waals surface area (Å²) < 4.78 is 0. The number of carbonyl (C=O) groups is 2.